The van der Waals surface area contributed by atoms with Gasteiger partial charge in [-0.25, -0.2) is 0 Å². The number of piperazine rings is 1. The quantitative estimate of drug-likeness (QED) is 0.800. The largest absolute Gasteiger partial charge is 0.375 e. The molecule has 114 valence electrons. The molecule has 19 heavy (non-hydrogen) atoms. The van der Waals surface area contributed by atoms with Crippen molar-refractivity contribution in [2.45, 2.75) is 26.0 Å². The number of carbonyl (C=O) groups excluding carboxylic acids is 1. The molecule has 0 radical (unpaired) electrons. The van der Waals surface area contributed by atoms with Crippen LogP contribution in [0.4, 0.5) is 0 Å². The summed E-state index contributed by atoms with van der Waals surface area (Å²) in [5.41, 5.74) is 0. The molecular weight excluding hydrogens is 289 g/mol. The monoisotopic (exact) mass is 313 g/mol. The number of amides is 1. The average molecular weight is 314 g/mol. The third kappa shape index (κ3) is 4.76. The Morgan fingerprint density at radius 2 is 1.89 bits per heavy atom. The predicted octanol–water partition coefficient (Wildman–Crippen LogP) is 0.371. The van der Waals surface area contributed by atoms with Gasteiger partial charge in [-0.05, 0) is 13.5 Å². The summed E-state index contributed by atoms with van der Waals surface area (Å²) in [5, 5.41) is 3.26. The van der Waals surface area contributed by atoms with Gasteiger partial charge in [0, 0.05) is 32.7 Å². The molecule has 0 aliphatic carbocycles. The maximum Gasteiger partial charge on any atom is 0.242 e. The zero-order valence-corrected chi connectivity index (χ0v) is 13.3. The SMILES string of the molecule is CCN1CCN(C(=O)[C@H]2NCCO[C@@H]2C)CC1.Cl.Cl. The summed E-state index contributed by atoms with van der Waals surface area (Å²) in [6, 6.07) is -0.156. The molecule has 0 aromatic rings. The van der Waals surface area contributed by atoms with Crippen LogP contribution in [0.2, 0.25) is 0 Å². The predicted molar refractivity (Wildman–Crippen MR) is 80.4 cm³/mol. The molecule has 2 rings (SSSR count). The Bertz CT molecular complexity index is 274. The van der Waals surface area contributed by atoms with Crippen molar-refractivity contribution in [2.75, 3.05) is 45.9 Å². The molecule has 0 aromatic heterocycles. The van der Waals surface area contributed by atoms with Crippen molar-refractivity contribution < 1.29 is 9.53 Å². The zero-order valence-electron chi connectivity index (χ0n) is 11.6. The lowest BCUT2D eigenvalue weighted by molar-refractivity contribution is -0.141. The summed E-state index contributed by atoms with van der Waals surface area (Å²) < 4.78 is 5.52. The minimum absolute atomic E-state index is 0. The van der Waals surface area contributed by atoms with Gasteiger partial charge in [0.1, 0.15) is 6.04 Å². The van der Waals surface area contributed by atoms with E-state index in [-0.39, 0.29) is 42.9 Å². The molecule has 7 heteroatoms. The molecule has 0 unspecified atom stereocenters. The van der Waals surface area contributed by atoms with Gasteiger partial charge in [0.15, 0.2) is 0 Å². The van der Waals surface area contributed by atoms with E-state index in [9.17, 15) is 4.79 Å². The molecule has 0 saturated carbocycles. The first kappa shape index (κ1) is 18.9. The average Bonchev–Trinajstić information content (AvgIpc) is 2.39. The van der Waals surface area contributed by atoms with Crippen molar-refractivity contribution in [2.24, 2.45) is 0 Å². The molecule has 2 heterocycles. The molecule has 2 atom stereocenters. The molecule has 1 N–H and O–H groups in total. The lowest BCUT2D eigenvalue weighted by atomic mass is 10.1. The third-order valence-electron chi connectivity index (χ3n) is 3.71. The van der Waals surface area contributed by atoms with Gasteiger partial charge >= 0.3 is 0 Å². The number of rotatable bonds is 2. The number of nitrogens with zero attached hydrogens (tertiary/aromatic N) is 2. The van der Waals surface area contributed by atoms with Crippen molar-refractivity contribution >= 4 is 30.7 Å². The maximum atomic E-state index is 12.3. The van der Waals surface area contributed by atoms with Crippen molar-refractivity contribution in [3.05, 3.63) is 0 Å². The van der Waals surface area contributed by atoms with E-state index in [4.69, 9.17) is 4.74 Å². The fourth-order valence-electron chi connectivity index (χ4n) is 2.49. The van der Waals surface area contributed by atoms with E-state index in [1.54, 1.807) is 0 Å². The van der Waals surface area contributed by atoms with Crippen molar-refractivity contribution in [1.29, 1.82) is 0 Å². The van der Waals surface area contributed by atoms with Gasteiger partial charge in [-0.2, -0.15) is 0 Å². The number of hydrogen-bond donors (Lipinski definition) is 1. The van der Waals surface area contributed by atoms with Crippen molar-refractivity contribution in [3.63, 3.8) is 0 Å². The second-order valence-electron chi connectivity index (χ2n) is 4.77. The second-order valence-corrected chi connectivity index (χ2v) is 4.77. The smallest absolute Gasteiger partial charge is 0.242 e. The van der Waals surface area contributed by atoms with Gasteiger partial charge in [-0.15, -0.1) is 24.8 Å². The molecule has 2 fully saturated rings. The number of carbonyl (C=O) groups is 1. The number of ether oxygens (including phenoxy) is 1. The summed E-state index contributed by atoms with van der Waals surface area (Å²) >= 11 is 0. The molecule has 1 amide bonds. The minimum Gasteiger partial charge on any atom is -0.375 e. The van der Waals surface area contributed by atoms with Crippen molar-refractivity contribution in [3.8, 4) is 0 Å². The lowest BCUT2D eigenvalue weighted by Crippen LogP contribution is -2.59. The molecule has 2 aliphatic heterocycles. The van der Waals surface area contributed by atoms with Gasteiger partial charge in [0.2, 0.25) is 5.91 Å². The normalized spacial score (nSPS) is 28.2. The van der Waals surface area contributed by atoms with Crippen LogP contribution < -0.4 is 5.32 Å². The van der Waals surface area contributed by atoms with Crippen LogP contribution in [0.15, 0.2) is 0 Å². The highest BCUT2D eigenvalue weighted by atomic mass is 35.5. The Kier molecular flexibility index (Phi) is 8.94. The highest BCUT2D eigenvalue weighted by Gasteiger charge is 2.32. The number of nitrogens with one attached hydrogen (secondary N) is 1. The Balaban J connectivity index is 0.00000162. The Labute approximate surface area is 127 Å². The molecule has 0 bridgehead atoms. The fraction of sp³-hybridized carbons (Fsp3) is 0.917. The standard InChI is InChI=1S/C12H23N3O2.2ClH/c1-3-14-5-7-15(8-6-14)12(16)11-10(2)17-9-4-13-11;;/h10-11,13H,3-9H2,1-2H3;2*1H/t10-,11+;;/m1../s1. The summed E-state index contributed by atoms with van der Waals surface area (Å²) in [7, 11) is 0. The van der Waals surface area contributed by atoms with Crippen LogP contribution in [0, 0.1) is 0 Å². The van der Waals surface area contributed by atoms with Crippen LogP contribution in [-0.4, -0.2) is 73.7 Å². The molecule has 0 aromatic carbocycles. The Morgan fingerprint density at radius 1 is 1.26 bits per heavy atom. The topological polar surface area (TPSA) is 44.8 Å². The zero-order chi connectivity index (χ0) is 12.3. The van der Waals surface area contributed by atoms with Crippen molar-refractivity contribution in [1.82, 2.24) is 15.1 Å². The number of likely N-dealkylation sites (N-methyl/N-ethyl adjacent to an activating group) is 1. The van der Waals surface area contributed by atoms with Gasteiger partial charge in [0.25, 0.3) is 0 Å². The minimum atomic E-state index is -0.156. The third-order valence-corrected chi connectivity index (χ3v) is 3.71. The van der Waals surface area contributed by atoms with E-state index in [0.29, 0.717) is 6.61 Å². The molecule has 2 saturated heterocycles. The molecule has 0 spiro atoms. The van der Waals surface area contributed by atoms with Crippen LogP contribution in [0.3, 0.4) is 0 Å². The summed E-state index contributed by atoms with van der Waals surface area (Å²) in [4.78, 5) is 16.7. The van der Waals surface area contributed by atoms with Gasteiger partial charge in [-0.1, -0.05) is 6.92 Å². The van der Waals surface area contributed by atoms with E-state index in [0.717, 1.165) is 39.3 Å². The first-order chi connectivity index (χ1) is 8.22. The van der Waals surface area contributed by atoms with Gasteiger partial charge < -0.3 is 19.9 Å². The van der Waals surface area contributed by atoms with Crippen LogP contribution >= 0.6 is 24.8 Å². The van der Waals surface area contributed by atoms with E-state index < -0.39 is 0 Å². The lowest BCUT2D eigenvalue weighted by Gasteiger charge is -2.38. The maximum absolute atomic E-state index is 12.3. The van der Waals surface area contributed by atoms with E-state index in [2.05, 4.69) is 17.1 Å². The van der Waals surface area contributed by atoms with E-state index in [1.165, 1.54) is 0 Å². The van der Waals surface area contributed by atoms with E-state index in [1.807, 2.05) is 11.8 Å². The van der Waals surface area contributed by atoms with Gasteiger partial charge in [-0.3, -0.25) is 4.79 Å². The highest BCUT2D eigenvalue weighted by molar-refractivity contribution is 5.85. The first-order valence-corrected chi connectivity index (χ1v) is 6.58. The molecule has 5 nitrogen and oxygen atoms in total. The van der Waals surface area contributed by atoms with Gasteiger partial charge in [0.05, 0.1) is 12.7 Å². The van der Waals surface area contributed by atoms with Crippen LogP contribution in [0.5, 0.6) is 0 Å². The Hall–Kier alpha value is -0.0700. The summed E-state index contributed by atoms with van der Waals surface area (Å²) in [6.07, 6.45) is -0.0135. The fourth-order valence-corrected chi connectivity index (χ4v) is 2.49. The number of hydrogen-bond acceptors (Lipinski definition) is 4. The molecular formula is C12H25Cl2N3O2. The Morgan fingerprint density at radius 3 is 2.42 bits per heavy atom. The highest BCUT2D eigenvalue weighted by Crippen LogP contribution is 2.10. The number of halogens is 2. The first-order valence-electron chi connectivity index (χ1n) is 6.58. The van der Waals surface area contributed by atoms with E-state index >= 15 is 0 Å². The van der Waals surface area contributed by atoms with Crippen LogP contribution in [-0.2, 0) is 9.53 Å². The molecule has 2 aliphatic rings. The summed E-state index contributed by atoms with van der Waals surface area (Å²) in [6.45, 7) is 10.4. The number of morpholine rings is 1. The van der Waals surface area contributed by atoms with Crippen LogP contribution in [0.1, 0.15) is 13.8 Å². The summed E-state index contributed by atoms with van der Waals surface area (Å²) in [5.74, 6) is 0.202. The second kappa shape index (κ2) is 8.97. The van der Waals surface area contributed by atoms with Crippen LogP contribution in [0.25, 0.3) is 0 Å².